The second kappa shape index (κ2) is 11.5. The van der Waals surface area contributed by atoms with Crippen LogP contribution in [0, 0.1) is 0 Å². The third-order valence-electron chi connectivity index (χ3n) is 6.02. The van der Waals surface area contributed by atoms with Crippen LogP contribution >= 0.6 is 0 Å². The molecule has 3 rings (SSSR count). The molecule has 9 nitrogen and oxygen atoms in total. The molecule has 1 saturated heterocycles. The summed E-state index contributed by atoms with van der Waals surface area (Å²) in [6.45, 7) is 2.37. The second-order valence-electron chi connectivity index (χ2n) is 8.75. The standard InChI is InChI=1S/C24H28F3N3O6S/c1-16(21(23(32)33)29-11-13-30(14-12-29)37(2,34)35)28-22(31)18-5-9-20(10-6-18)36-15-17-3-7-19(8-4-17)24(25,26)27/h3-10,16,21H,11-15H2,1-2H3,(H,28,31)(H,32,33). The third kappa shape index (κ3) is 7.66. The van der Waals surface area contributed by atoms with Gasteiger partial charge in [0.15, 0.2) is 0 Å². The number of aliphatic carboxylic acids is 1. The Morgan fingerprint density at radius 3 is 2.08 bits per heavy atom. The van der Waals surface area contributed by atoms with E-state index < -0.39 is 45.7 Å². The number of carbonyl (C=O) groups excluding carboxylic acids is 1. The monoisotopic (exact) mass is 543 g/mol. The molecule has 1 amide bonds. The quantitative estimate of drug-likeness (QED) is 0.499. The lowest BCUT2D eigenvalue weighted by atomic mass is 10.1. The van der Waals surface area contributed by atoms with E-state index >= 15 is 0 Å². The molecule has 2 atom stereocenters. The summed E-state index contributed by atoms with van der Waals surface area (Å²) in [5.74, 6) is -1.23. The SMILES string of the molecule is CC(NC(=O)c1ccc(OCc2ccc(C(F)(F)F)cc2)cc1)C(C(=O)O)N1CCN(S(C)(=O)=O)CC1. The topological polar surface area (TPSA) is 116 Å². The number of hydrogen-bond donors (Lipinski definition) is 2. The van der Waals surface area contributed by atoms with Crippen molar-refractivity contribution in [3.8, 4) is 5.75 Å². The van der Waals surface area contributed by atoms with Gasteiger partial charge < -0.3 is 15.2 Å². The smallest absolute Gasteiger partial charge is 0.416 e. The average molecular weight is 544 g/mol. The van der Waals surface area contributed by atoms with Gasteiger partial charge in [-0.05, 0) is 48.9 Å². The van der Waals surface area contributed by atoms with Crippen LogP contribution in [0.2, 0.25) is 0 Å². The molecule has 2 N–H and O–H groups in total. The number of carbonyl (C=O) groups is 2. The molecule has 0 spiro atoms. The van der Waals surface area contributed by atoms with Crippen LogP contribution in [0.15, 0.2) is 48.5 Å². The van der Waals surface area contributed by atoms with Gasteiger partial charge >= 0.3 is 12.1 Å². The van der Waals surface area contributed by atoms with E-state index in [1.165, 1.54) is 40.7 Å². The Bertz CT molecular complexity index is 1200. The highest BCUT2D eigenvalue weighted by atomic mass is 32.2. The predicted octanol–water partition coefficient (Wildman–Crippen LogP) is 2.43. The molecular formula is C24H28F3N3O6S. The molecule has 0 radical (unpaired) electrons. The molecule has 2 unspecified atom stereocenters. The summed E-state index contributed by atoms with van der Waals surface area (Å²) < 4.78 is 68.3. The second-order valence-corrected chi connectivity index (χ2v) is 10.7. The van der Waals surface area contributed by atoms with Crippen molar-refractivity contribution < 1.29 is 41.0 Å². The summed E-state index contributed by atoms with van der Waals surface area (Å²) in [7, 11) is -3.36. The number of nitrogens with zero attached hydrogens (tertiary/aromatic N) is 2. The van der Waals surface area contributed by atoms with Crippen LogP contribution in [0.25, 0.3) is 0 Å². The minimum Gasteiger partial charge on any atom is -0.489 e. The zero-order chi connectivity index (χ0) is 27.4. The number of benzene rings is 2. The Hall–Kier alpha value is -3.16. The van der Waals surface area contributed by atoms with Crippen LogP contribution in [0.3, 0.4) is 0 Å². The fourth-order valence-electron chi connectivity index (χ4n) is 4.03. The molecule has 0 bridgehead atoms. The maximum atomic E-state index is 12.7. The number of sulfonamides is 1. The number of halogens is 3. The van der Waals surface area contributed by atoms with Crippen molar-refractivity contribution in [2.24, 2.45) is 0 Å². The van der Waals surface area contributed by atoms with E-state index in [-0.39, 0.29) is 38.3 Å². The van der Waals surface area contributed by atoms with E-state index in [0.29, 0.717) is 11.3 Å². The summed E-state index contributed by atoms with van der Waals surface area (Å²) in [5, 5.41) is 12.4. The molecule has 0 aliphatic carbocycles. The van der Waals surface area contributed by atoms with E-state index in [0.717, 1.165) is 18.4 Å². The van der Waals surface area contributed by atoms with Crippen LogP contribution in [-0.4, -0.2) is 79.1 Å². The number of carboxylic acids is 1. The van der Waals surface area contributed by atoms with Gasteiger partial charge in [0.1, 0.15) is 18.4 Å². The summed E-state index contributed by atoms with van der Waals surface area (Å²) in [5.41, 5.74) is 0.0580. The molecule has 1 aliphatic rings. The fourth-order valence-corrected chi connectivity index (χ4v) is 4.85. The Labute approximate surface area is 212 Å². The molecule has 1 aliphatic heterocycles. The van der Waals surface area contributed by atoms with Gasteiger partial charge in [0.25, 0.3) is 5.91 Å². The first-order chi connectivity index (χ1) is 17.3. The molecule has 0 saturated carbocycles. The van der Waals surface area contributed by atoms with Gasteiger partial charge in [0.05, 0.1) is 17.9 Å². The van der Waals surface area contributed by atoms with Gasteiger partial charge in [-0.25, -0.2) is 8.42 Å². The van der Waals surface area contributed by atoms with Gasteiger partial charge in [0.2, 0.25) is 10.0 Å². The van der Waals surface area contributed by atoms with Crippen molar-refractivity contribution in [3.05, 3.63) is 65.2 Å². The maximum Gasteiger partial charge on any atom is 0.416 e. The lowest BCUT2D eigenvalue weighted by Gasteiger charge is -2.38. The highest BCUT2D eigenvalue weighted by molar-refractivity contribution is 7.88. The van der Waals surface area contributed by atoms with Crippen LogP contribution in [0.5, 0.6) is 5.75 Å². The van der Waals surface area contributed by atoms with Gasteiger partial charge in [-0.2, -0.15) is 17.5 Å². The van der Waals surface area contributed by atoms with Crippen molar-refractivity contribution >= 4 is 21.9 Å². The van der Waals surface area contributed by atoms with Crippen LogP contribution < -0.4 is 10.1 Å². The number of amides is 1. The lowest BCUT2D eigenvalue weighted by Crippen LogP contribution is -2.59. The number of carboxylic acid groups (broad SMARTS) is 1. The van der Waals surface area contributed by atoms with Gasteiger partial charge in [0, 0.05) is 31.7 Å². The first-order valence-electron chi connectivity index (χ1n) is 11.4. The molecule has 1 heterocycles. The van der Waals surface area contributed by atoms with E-state index in [1.807, 2.05) is 0 Å². The minimum absolute atomic E-state index is 0.0353. The molecule has 2 aromatic carbocycles. The Morgan fingerprint density at radius 2 is 1.59 bits per heavy atom. The van der Waals surface area contributed by atoms with Crippen molar-refractivity contribution in [2.75, 3.05) is 32.4 Å². The first-order valence-corrected chi connectivity index (χ1v) is 13.2. The number of nitrogens with one attached hydrogen (secondary N) is 1. The van der Waals surface area contributed by atoms with Gasteiger partial charge in [-0.1, -0.05) is 12.1 Å². The van der Waals surface area contributed by atoms with Crippen LogP contribution in [-0.2, 0) is 27.6 Å². The first kappa shape index (κ1) is 28.4. The fraction of sp³-hybridized carbons (Fsp3) is 0.417. The number of piperazine rings is 1. The normalized spacial score (nSPS) is 17.1. The zero-order valence-corrected chi connectivity index (χ0v) is 21.1. The predicted molar refractivity (Wildman–Crippen MR) is 129 cm³/mol. The van der Waals surface area contributed by atoms with Crippen LogP contribution in [0.4, 0.5) is 13.2 Å². The molecular weight excluding hydrogens is 515 g/mol. The number of ether oxygens (including phenoxy) is 1. The Balaban J connectivity index is 1.55. The molecule has 13 heteroatoms. The van der Waals surface area contributed by atoms with E-state index in [4.69, 9.17) is 4.74 Å². The van der Waals surface area contributed by atoms with Crippen molar-refractivity contribution in [1.82, 2.24) is 14.5 Å². The van der Waals surface area contributed by atoms with Gasteiger partial charge in [-0.15, -0.1) is 0 Å². The third-order valence-corrected chi connectivity index (χ3v) is 7.33. The zero-order valence-electron chi connectivity index (χ0n) is 20.2. The van der Waals surface area contributed by atoms with Crippen molar-refractivity contribution in [2.45, 2.75) is 31.8 Å². The number of alkyl halides is 3. The lowest BCUT2D eigenvalue weighted by molar-refractivity contribution is -0.144. The van der Waals surface area contributed by atoms with Crippen molar-refractivity contribution in [3.63, 3.8) is 0 Å². The summed E-state index contributed by atoms with van der Waals surface area (Å²) in [4.78, 5) is 26.3. The molecule has 2 aromatic rings. The highest BCUT2D eigenvalue weighted by Crippen LogP contribution is 2.29. The van der Waals surface area contributed by atoms with Gasteiger partial charge in [-0.3, -0.25) is 14.5 Å². The van der Waals surface area contributed by atoms with E-state index in [2.05, 4.69) is 5.32 Å². The van der Waals surface area contributed by atoms with E-state index in [1.54, 1.807) is 11.8 Å². The van der Waals surface area contributed by atoms with E-state index in [9.17, 15) is 36.3 Å². The Kier molecular flexibility index (Phi) is 8.82. The Morgan fingerprint density at radius 1 is 1.03 bits per heavy atom. The van der Waals surface area contributed by atoms with Crippen molar-refractivity contribution in [1.29, 1.82) is 0 Å². The summed E-state index contributed by atoms with van der Waals surface area (Å²) in [6.07, 6.45) is -3.31. The molecule has 202 valence electrons. The highest BCUT2D eigenvalue weighted by Gasteiger charge is 2.35. The average Bonchev–Trinajstić information content (AvgIpc) is 2.82. The molecule has 0 aromatic heterocycles. The largest absolute Gasteiger partial charge is 0.489 e. The number of rotatable bonds is 9. The maximum absolute atomic E-state index is 12.7. The summed E-state index contributed by atoms with van der Waals surface area (Å²) in [6, 6.07) is 8.83. The molecule has 1 fully saturated rings. The summed E-state index contributed by atoms with van der Waals surface area (Å²) >= 11 is 0. The molecule has 37 heavy (non-hydrogen) atoms. The van der Waals surface area contributed by atoms with Crippen LogP contribution in [0.1, 0.15) is 28.4 Å². The number of hydrogen-bond acceptors (Lipinski definition) is 6. The minimum atomic E-state index is -4.41.